The van der Waals surface area contributed by atoms with E-state index in [9.17, 15) is 4.79 Å². The number of carbonyl (C=O) groups is 1. The Labute approximate surface area is 92.1 Å². The number of nitrogens with zero attached hydrogens (tertiary/aromatic N) is 1. The third-order valence-electron chi connectivity index (χ3n) is 3.00. The summed E-state index contributed by atoms with van der Waals surface area (Å²) in [5.41, 5.74) is 0. The largest absolute Gasteiger partial charge is 0.469 e. The predicted octanol–water partition coefficient (Wildman–Crippen LogP) is 1.84. The molecular formula is C12H21NO2. The van der Waals surface area contributed by atoms with E-state index < -0.39 is 0 Å². The lowest BCUT2D eigenvalue weighted by Crippen LogP contribution is -2.37. The maximum atomic E-state index is 11.3. The molecule has 0 spiro atoms. The van der Waals surface area contributed by atoms with Crippen molar-refractivity contribution in [3.63, 3.8) is 0 Å². The lowest BCUT2D eigenvalue weighted by Gasteiger charge is -2.30. The van der Waals surface area contributed by atoms with E-state index in [1.807, 2.05) is 6.08 Å². The summed E-state index contributed by atoms with van der Waals surface area (Å²) in [5.74, 6) is 0.0893. The molecule has 1 aliphatic rings. The Morgan fingerprint density at radius 1 is 1.53 bits per heavy atom. The SMILES string of the molecule is C=CCCCN1CCC(C(=O)OC)CC1. The monoisotopic (exact) mass is 211 g/mol. The van der Waals surface area contributed by atoms with Crippen LogP contribution in [-0.2, 0) is 9.53 Å². The Hall–Kier alpha value is -0.830. The first-order valence-corrected chi connectivity index (χ1v) is 5.69. The molecule has 1 aliphatic heterocycles. The van der Waals surface area contributed by atoms with Gasteiger partial charge in [-0.25, -0.2) is 0 Å². The standard InChI is InChI=1S/C12H21NO2/c1-3-4-5-8-13-9-6-11(7-10-13)12(14)15-2/h3,11H,1,4-10H2,2H3. The average molecular weight is 211 g/mol. The molecule has 0 atom stereocenters. The van der Waals surface area contributed by atoms with Gasteiger partial charge in [-0.1, -0.05) is 6.08 Å². The molecule has 0 aromatic rings. The van der Waals surface area contributed by atoms with E-state index in [2.05, 4.69) is 11.5 Å². The summed E-state index contributed by atoms with van der Waals surface area (Å²) in [6, 6.07) is 0. The van der Waals surface area contributed by atoms with Gasteiger partial charge in [-0.05, 0) is 45.3 Å². The molecule has 86 valence electrons. The van der Waals surface area contributed by atoms with Crippen molar-refractivity contribution in [2.24, 2.45) is 5.92 Å². The van der Waals surface area contributed by atoms with Gasteiger partial charge in [0.05, 0.1) is 13.0 Å². The van der Waals surface area contributed by atoms with Crippen molar-refractivity contribution < 1.29 is 9.53 Å². The molecule has 0 amide bonds. The third-order valence-corrected chi connectivity index (χ3v) is 3.00. The van der Waals surface area contributed by atoms with Gasteiger partial charge in [-0.15, -0.1) is 6.58 Å². The number of piperidine rings is 1. The zero-order chi connectivity index (χ0) is 11.1. The van der Waals surface area contributed by atoms with E-state index in [4.69, 9.17) is 4.74 Å². The fourth-order valence-electron chi connectivity index (χ4n) is 2.02. The first-order valence-electron chi connectivity index (χ1n) is 5.69. The minimum atomic E-state index is -0.0410. The van der Waals surface area contributed by atoms with Crippen LogP contribution in [0.4, 0.5) is 0 Å². The highest BCUT2D eigenvalue weighted by Gasteiger charge is 2.24. The zero-order valence-corrected chi connectivity index (χ0v) is 9.58. The van der Waals surface area contributed by atoms with Crippen molar-refractivity contribution >= 4 is 5.97 Å². The van der Waals surface area contributed by atoms with Gasteiger partial charge in [-0.2, -0.15) is 0 Å². The normalized spacial score (nSPS) is 18.7. The number of rotatable bonds is 5. The van der Waals surface area contributed by atoms with Crippen LogP contribution in [0.3, 0.4) is 0 Å². The minimum Gasteiger partial charge on any atom is -0.469 e. The third kappa shape index (κ3) is 4.04. The van der Waals surface area contributed by atoms with E-state index in [-0.39, 0.29) is 11.9 Å². The lowest BCUT2D eigenvalue weighted by molar-refractivity contribution is -0.147. The quantitative estimate of drug-likeness (QED) is 0.395. The molecule has 0 radical (unpaired) electrons. The van der Waals surface area contributed by atoms with Crippen molar-refractivity contribution in [1.29, 1.82) is 0 Å². The van der Waals surface area contributed by atoms with E-state index in [0.29, 0.717) is 0 Å². The van der Waals surface area contributed by atoms with Gasteiger partial charge >= 0.3 is 5.97 Å². The second-order valence-corrected chi connectivity index (χ2v) is 4.07. The van der Waals surface area contributed by atoms with Crippen LogP contribution in [0.2, 0.25) is 0 Å². The number of hydrogen-bond donors (Lipinski definition) is 0. The number of esters is 1. The maximum Gasteiger partial charge on any atom is 0.308 e. The highest BCUT2D eigenvalue weighted by molar-refractivity contribution is 5.72. The van der Waals surface area contributed by atoms with Gasteiger partial charge in [0.25, 0.3) is 0 Å². The summed E-state index contributed by atoms with van der Waals surface area (Å²) < 4.78 is 4.75. The highest BCUT2D eigenvalue weighted by Crippen LogP contribution is 2.18. The van der Waals surface area contributed by atoms with Gasteiger partial charge in [-0.3, -0.25) is 4.79 Å². The van der Waals surface area contributed by atoms with Gasteiger partial charge in [0.2, 0.25) is 0 Å². The molecule has 3 nitrogen and oxygen atoms in total. The maximum absolute atomic E-state index is 11.3. The lowest BCUT2D eigenvalue weighted by atomic mass is 9.97. The van der Waals surface area contributed by atoms with Crippen molar-refractivity contribution in [2.45, 2.75) is 25.7 Å². The minimum absolute atomic E-state index is 0.0410. The number of carbonyl (C=O) groups excluding carboxylic acids is 1. The Morgan fingerprint density at radius 3 is 2.73 bits per heavy atom. The molecule has 0 aromatic carbocycles. The van der Waals surface area contributed by atoms with Crippen LogP contribution in [0.25, 0.3) is 0 Å². The number of methoxy groups -OCH3 is 1. The molecule has 15 heavy (non-hydrogen) atoms. The fourth-order valence-corrected chi connectivity index (χ4v) is 2.02. The highest BCUT2D eigenvalue weighted by atomic mass is 16.5. The van der Waals surface area contributed by atoms with Crippen molar-refractivity contribution in [1.82, 2.24) is 4.90 Å². The molecule has 0 aliphatic carbocycles. The molecule has 1 fully saturated rings. The van der Waals surface area contributed by atoms with Crippen LogP contribution >= 0.6 is 0 Å². The summed E-state index contributed by atoms with van der Waals surface area (Å²) in [5, 5.41) is 0. The summed E-state index contributed by atoms with van der Waals surface area (Å²) in [6.45, 7) is 6.88. The first-order chi connectivity index (χ1) is 7.27. The van der Waals surface area contributed by atoms with Crippen molar-refractivity contribution in [3.8, 4) is 0 Å². The molecule has 0 N–H and O–H groups in total. The molecule has 0 saturated carbocycles. The summed E-state index contributed by atoms with van der Waals surface area (Å²) in [7, 11) is 1.47. The second kappa shape index (κ2) is 6.62. The van der Waals surface area contributed by atoms with Crippen LogP contribution in [0.5, 0.6) is 0 Å². The average Bonchev–Trinajstić information content (AvgIpc) is 2.29. The molecule has 1 heterocycles. The van der Waals surface area contributed by atoms with E-state index in [1.54, 1.807) is 0 Å². The van der Waals surface area contributed by atoms with Crippen LogP contribution < -0.4 is 0 Å². The van der Waals surface area contributed by atoms with E-state index in [0.717, 1.165) is 38.9 Å². The van der Waals surface area contributed by atoms with Gasteiger partial charge in [0.1, 0.15) is 0 Å². The van der Waals surface area contributed by atoms with Crippen molar-refractivity contribution in [2.75, 3.05) is 26.7 Å². The van der Waals surface area contributed by atoms with Crippen LogP contribution in [0.15, 0.2) is 12.7 Å². The summed E-state index contributed by atoms with van der Waals surface area (Å²) in [6.07, 6.45) is 6.10. The molecule has 1 rings (SSSR count). The number of likely N-dealkylation sites (tertiary alicyclic amines) is 1. The predicted molar refractivity (Wildman–Crippen MR) is 60.6 cm³/mol. The van der Waals surface area contributed by atoms with E-state index in [1.165, 1.54) is 13.5 Å². The molecular weight excluding hydrogens is 190 g/mol. The number of unbranched alkanes of at least 4 members (excludes halogenated alkanes) is 1. The number of ether oxygens (including phenoxy) is 1. The van der Waals surface area contributed by atoms with Crippen LogP contribution in [0, 0.1) is 5.92 Å². The topological polar surface area (TPSA) is 29.5 Å². The molecule has 3 heteroatoms. The summed E-state index contributed by atoms with van der Waals surface area (Å²) in [4.78, 5) is 13.7. The molecule has 1 saturated heterocycles. The van der Waals surface area contributed by atoms with Crippen LogP contribution in [0.1, 0.15) is 25.7 Å². The van der Waals surface area contributed by atoms with Crippen molar-refractivity contribution in [3.05, 3.63) is 12.7 Å². The number of hydrogen-bond acceptors (Lipinski definition) is 3. The van der Waals surface area contributed by atoms with Crippen LogP contribution in [-0.4, -0.2) is 37.6 Å². The molecule has 0 aromatic heterocycles. The molecule has 0 unspecified atom stereocenters. The first kappa shape index (κ1) is 12.2. The second-order valence-electron chi connectivity index (χ2n) is 4.07. The van der Waals surface area contributed by atoms with Gasteiger partial charge < -0.3 is 9.64 Å². The Bertz CT molecular complexity index is 208. The summed E-state index contributed by atoms with van der Waals surface area (Å²) >= 11 is 0. The molecule has 0 bridgehead atoms. The number of allylic oxidation sites excluding steroid dienone is 1. The Kier molecular flexibility index (Phi) is 5.40. The Balaban J connectivity index is 2.17. The van der Waals surface area contributed by atoms with Gasteiger partial charge in [0, 0.05) is 0 Å². The fraction of sp³-hybridized carbons (Fsp3) is 0.750. The van der Waals surface area contributed by atoms with Gasteiger partial charge in [0.15, 0.2) is 0 Å². The zero-order valence-electron chi connectivity index (χ0n) is 9.58. The smallest absolute Gasteiger partial charge is 0.308 e. The Morgan fingerprint density at radius 2 is 2.20 bits per heavy atom. The van der Waals surface area contributed by atoms with E-state index >= 15 is 0 Å².